The standard InChI is InChI=1S/C10H14ClN3O3S2/c1-6(2)9-12-10(18-13-9)14-4-7(3-8(14)15)5-19(11,16)17/h6-7H,3-5H2,1-2H3. The summed E-state index contributed by atoms with van der Waals surface area (Å²) in [6.45, 7) is 4.28. The zero-order chi connectivity index (χ0) is 14.2. The molecule has 0 aliphatic carbocycles. The number of hydrogen-bond donors (Lipinski definition) is 0. The molecule has 0 saturated carbocycles. The summed E-state index contributed by atoms with van der Waals surface area (Å²) < 4.78 is 26.3. The Bertz CT molecular complexity index is 585. The zero-order valence-corrected chi connectivity index (χ0v) is 12.9. The third-order valence-electron chi connectivity index (χ3n) is 2.82. The van der Waals surface area contributed by atoms with Gasteiger partial charge in [-0.1, -0.05) is 13.8 Å². The van der Waals surface area contributed by atoms with E-state index < -0.39 is 9.05 Å². The Morgan fingerprint density at radius 2 is 2.21 bits per heavy atom. The van der Waals surface area contributed by atoms with Crippen LogP contribution in [0.5, 0.6) is 0 Å². The molecular weight excluding hydrogens is 310 g/mol. The lowest BCUT2D eigenvalue weighted by Gasteiger charge is -2.11. The van der Waals surface area contributed by atoms with Gasteiger partial charge in [0.05, 0.1) is 5.75 Å². The van der Waals surface area contributed by atoms with Gasteiger partial charge in [-0.05, 0) is 0 Å². The van der Waals surface area contributed by atoms with Crippen LogP contribution in [-0.4, -0.2) is 36.0 Å². The van der Waals surface area contributed by atoms with Gasteiger partial charge in [-0.25, -0.2) is 13.4 Å². The van der Waals surface area contributed by atoms with Gasteiger partial charge in [0.15, 0.2) is 0 Å². The summed E-state index contributed by atoms with van der Waals surface area (Å²) >= 11 is 1.16. The highest BCUT2D eigenvalue weighted by molar-refractivity contribution is 8.13. The Balaban J connectivity index is 2.11. The van der Waals surface area contributed by atoms with Crippen molar-refractivity contribution in [3.8, 4) is 0 Å². The maximum Gasteiger partial charge on any atom is 0.232 e. The minimum Gasteiger partial charge on any atom is -0.287 e. The van der Waals surface area contributed by atoms with Gasteiger partial charge >= 0.3 is 0 Å². The number of hydrogen-bond acceptors (Lipinski definition) is 6. The lowest BCUT2D eigenvalue weighted by molar-refractivity contribution is -0.117. The third kappa shape index (κ3) is 3.64. The summed E-state index contributed by atoms with van der Waals surface area (Å²) in [4.78, 5) is 17.7. The summed E-state index contributed by atoms with van der Waals surface area (Å²) in [5.41, 5.74) is 0. The second-order valence-electron chi connectivity index (χ2n) is 4.87. The molecule has 0 radical (unpaired) electrons. The van der Waals surface area contributed by atoms with Gasteiger partial charge in [0.1, 0.15) is 5.82 Å². The van der Waals surface area contributed by atoms with Gasteiger partial charge in [0.2, 0.25) is 20.1 Å². The first kappa shape index (κ1) is 14.7. The lowest BCUT2D eigenvalue weighted by Crippen LogP contribution is -2.25. The first-order valence-corrected chi connectivity index (χ1v) is 9.07. The molecule has 2 rings (SSSR count). The van der Waals surface area contributed by atoms with Crippen molar-refractivity contribution in [2.75, 3.05) is 17.2 Å². The molecule has 106 valence electrons. The minimum absolute atomic E-state index is 0.128. The molecule has 1 atom stereocenters. The van der Waals surface area contributed by atoms with Crippen molar-refractivity contribution in [1.82, 2.24) is 9.36 Å². The van der Waals surface area contributed by atoms with E-state index in [2.05, 4.69) is 9.36 Å². The molecule has 1 aromatic rings. The van der Waals surface area contributed by atoms with Gasteiger partial charge in [-0.3, -0.25) is 9.69 Å². The fraction of sp³-hybridized carbons (Fsp3) is 0.700. The Morgan fingerprint density at radius 1 is 1.53 bits per heavy atom. The molecule has 2 heterocycles. The van der Waals surface area contributed by atoms with E-state index in [0.717, 1.165) is 11.5 Å². The van der Waals surface area contributed by atoms with Crippen LogP contribution in [-0.2, 0) is 13.8 Å². The second-order valence-corrected chi connectivity index (χ2v) is 8.42. The number of carbonyl (C=O) groups is 1. The normalized spacial score (nSPS) is 20.5. The number of carbonyl (C=O) groups excluding carboxylic acids is 1. The van der Waals surface area contributed by atoms with Gasteiger partial charge in [-0.15, -0.1) is 0 Å². The van der Waals surface area contributed by atoms with Crippen LogP contribution in [0.3, 0.4) is 0 Å². The first-order valence-electron chi connectivity index (χ1n) is 5.82. The van der Waals surface area contributed by atoms with Crippen molar-refractivity contribution in [2.45, 2.75) is 26.2 Å². The SMILES string of the molecule is CC(C)c1nsc(N2CC(CS(=O)(=O)Cl)CC2=O)n1. The van der Waals surface area contributed by atoms with E-state index in [1.165, 1.54) is 4.90 Å². The highest BCUT2D eigenvalue weighted by atomic mass is 35.7. The Labute approximate surface area is 120 Å². The summed E-state index contributed by atoms with van der Waals surface area (Å²) in [5.74, 6) is 0.299. The van der Waals surface area contributed by atoms with Crippen molar-refractivity contribution >= 4 is 42.3 Å². The van der Waals surface area contributed by atoms with Crippen LogP contribution in [0.25, 0.3) is 0 Å². The predicted octanol–water partition coefficient (Wildman–Crippen LogP) is 1.58. The average Bonchev–Trinajstić information content (AvgIpc) is 2.82. The second kappa shape index (κ2) is 5.34. The maximum absolute atomic E-state index is 11.9. The summed E-state index contributed by atoms with van der Waals surface area (Å²) in [6.07, 6.45) is 0.183. The molecule has 1 amide bonds. The highest BCUT2D eigenvalue weighted by Crippen LogP contribution is 2.29. The van der Waals surface area contributed by atoms with E-state index >= 15 is 0 Å². The van der Waals surface area contributed by atoms with Crippen LogP contribution in [0, 0.1) is 5.92 Å². The molecule has 1 saturated heterocycles. The molecule has 1 fully saturated rings. The predicted molar refractivity (Wildman–Crippen MR) is 74.1 cm³/mol. The molecule has 1 unspecified atom stereocenters. The largest absolute Gasteiger partial charge is 0.287 e. The van der Waals surface area contributed by atoms with Crippen molar-refractivity contribution in [3.63, 3.8) is 0 Å². The number of nitrogens with zero attached hydrogens (tertiary/aromatic N) is 3. The maximum atomic E-state index is 11.9. The van der Waals surface area contributed by atoms with Crippen LogP contribution in [0.2, 0.25) is 0 Å². The van der Waals surface area contributed by atoms with Crippen LogP contribution >= 0.6 is 22.2 Å². The Kier molecular flexibility index (Phi) is 4.12. The number of rotatable bonds is 4. The molecule has 1 aliphatic heterocycles. The molecule has 1 aromatic heterocycles. The molecule has 0 N–H and O–H groups in total. The molecular formula is C10H14ClN3O3S2. The van der Waals surface area contributed by atoms with Crippen molar-refractivity contribution in [2.24, 2.45) is 5.92 Å². The monoisotopic (exact) mass is 323 g/mol. The summed E-state index contributed by atoms with van der Waals surface area (Å²) in [6, 6.07) is 0. The van der Waals surface area contributed by atoms with Crippen molar-refractivity contribution in [3.05, 3.63) is 5.82 Å². The van der Waals surface area contributed by atoms with Gasteiger partial charge < -0.3 is 0 Å². The molecule has 19 heavy (non-hydrogen) atoms. The van der Waals surface area contributed by atoms with E-state index in [1.807, 2.05) is 13.8 Å². The molecule has 0 aromatic carbocycles. The van der Waals surface area contributed by atoms with E-state index in [0.29, 0.717) is 17.5 Å². The molecule has 0 spiro atoms. The number of aromatic nitrogens is 2. The molecule has 1 aliphatic rings. The van der Waals surface area contributed by atoms with Crippen LogP contribution in [0.1, 0.15) is 32.0 Å². The first-order chi connectivity index (χ1) is 8.76. The Hall–Kier alpha value is -0.730. The van der Waals surface area contributed by atoms with Crippen LogP contribution in [0.15, 0.2) is 0 Å². The molecule has 9 heteroatoms. The van der Waals surface area contributed by atoms with E-state index in [-0.39, 0.29) is 29.9 Å². The Morgan fingerprint density at radius 3 is 2.74 bits per heavy atom. The quantitative estimate of drug-likeness (QED) is 0.786. The molecule has 0 bridgehead atoms. The summed E-state index contributed by atoms with van der Waals surface area (Å²) in [7, 11) is 1.63. The van der Waals surface area contributed by atoms with Crippen molar-refractivity contribution in [1.29, 1.82) is 0 Å². The third-order valence-corrected chi connectivity index (χ3v) is 4.82. The topological polar surface area (TPSA) is 80.2 Å². The van der Waals surface area contributed by atoms with E-state index in [9.17, 15) is 13.2 Å². The van der Waals surface area contributed by atoms with Gasteiger partial charge in [-0.2, -0.15) is 4.37 Å². The molecule has 6 nitrogen and oxygen atoms in total. The van der Waals surface area contributed by atoms with Crippen LogP contribution in [0.4, 0.5) is 5.13 Å². The average molecular weight is 324 g/mol. The number of amides is 1. The van der Waals surface area contributed by atoms with Gasteiger partial charge in [0.25, 0.3) is 0 Å². The van der Waals surface area contributed by atoms with E-state index in [1.54, 1.807) is 0 Å². The fourth-order valence-electron chi connectivity index (χ4n) is 1.93. The van der Waals surface area contributed by atoms with Gasteiger partial charge in [0, 0.05) is 47.0 Å². The minimum atomic E-state index is -3.58. The van der Waals surface area contributed by atoms with Crippen molar-refractivity contribution < 1.29 is 13.2 Å². The zero-order valence-electron chi connectivity index (χ0n) is 10.5. The smallest absolute Gasteiger partial charge is 0.232 e. The lowest BCUT2D eigenvalue weighted by atomic mass is 10.1. The fourth-order valence-corrected chi connectivity index (χ4v) is 4.09. The number of halogens is 1. The van der Waals surface area contributed by atoms with E-state index in [4.69, 9.17) is 10.7 Å². The highest BCUT2D eigenvalue weighted by Gasteiger charge is 2.34. The van der Waals surface area contributed by atoms with Crippen LogP contribution < -0.4 is 4.90 Å². The summed E-state index contributed by atoms with van der Waals surface area (Å²) in [5, 5.41) is 0.531. The number of anilines is 1.